The van der Waals surface area contributed by atoms with Gasteiger partial charge in [-0.2, -0.15) is 4.68 Å². The number of tetrazole rings is 1. The molecule has 3 rings (SSSR count). The fourth-order valence-corrected chi connectivity index (χ4v) is 3.18. The lowest BCUT2D eigenvalue weighted by Gasteiger charge is -2.03. The van der Waals surface area contributed by atoms with E-state index in [2.05, 4.69) is 33.0 Å². The minimum absolute atomic E-state index is 0.763. The number of thioether (sulfide) groups is 1. The molecule has 0 aliphatic heterocycles. The van der Waals surface area contributed by atoms with Gasteiger partial charge in [-0.15, -0.1) is 5.10 Å². The Morgan fingerprint density at radius 2 is 1.88 bits per heavy atom. The zero-order chi connectivity index (χ0) is 17.3. The topological polar surface area (TPSA) is 60.2 Å². The van der Waals surface area contributed by atoms with Crippen LogP contribution in [0.5, 0.6) is 0 Å². The number of nitrogens with two attached hydrogens (primary N) is 1. The predicted octanol–water partition coefficient (Wildman–Crippen LogP) is 2.68. The summed E-state index contributed by atoms with van der Waals surface area (Å²) < 4.78 is 1.77. The molecule has 0 atom stereocenters. The molecule has 2 N–H and O–H groups in total. The van der Waals surface area contributed by atoms with E-state index >= 15 is 0 Å². The summed E-state index contributed by atoms with van der Waals surface area (Å²) in [5.41, 5.74) is 2.14. The highest BCUT2D eigenvalue weighted by molar-refractivity contribution is 7.99. The van der Waals surface area contributed by atoms with Gasteiger partial charge in [0.05, 0.1) is 24.5 Å². The first-order valence-corrected chi connectivity index (χ1v) is 9.39. The van der Waals surface area contributed by atoms with Crippen molar-refractivity contribution in [3.63, 3.8) is 0 Å². The average molecular weight is 373 g/mol. The van der Waals surface area contributed by atoms with E-state index in [9.17, 15) is 0 Å². The second kappa shape index (κ2) is 9.36. The number of halogens is 1. The molecule has 5 nitrogen and oxygen atoms in total. The van der Waals surface area contributed by atoms with Crippen LogP contribution in [0.4, 0.5) is 0 Å². The molecule has 0 spiro atoms. The first kappa shape index (κ1) is 17.7. The van der Waals surface area contributed by atoms with Crippen molar-refractivity contribution in [1.29, 1.82) is 0 Å². The highest BCUT2D eigenvalue weighted by atomic mass is 35.5. The molecule has 2 aromatic carbocycles. The number of aromatic nitrogens is 4. The normalized spacial score (nSPS) is 11.2. The van der Waals surface area contributed by atoms with Crippen molar-refractivity contribution in [3.05, 3.63) is 71.3 Å². The molecule has 1 aromatic heterocycles. The lowest BCUT2D eigenvalue weighted by atomic mass is 10.2. The number of hydrogen-bond acceptors (Lipinski definition) is 4. The molecular formula is C18H19ClN5S+. The highest BCUT2D eigenvalue weighted by Gasteiger charge is 2.08. The summed E-state index contributed by atoms with van der Waals surface area (Å²) in [6, 6.07) is 17.8. The number of benzene rings is 2. The van der Waals surface area contributed by atoms with Crippen LogP contribution in [0.2, 0.25) is 5.02 Å². The van der Waals surface area contributed by atoms with Crippen molar-refractivity contribution in [3.8, 4) is 5.69 Å². The summed E-state index contributed by atoms with van der Waals surface area (Å²) in [6.45, 7) is 1.93. The molecule has 0 amide bonds. The van der Waals surface area contributed by atoms with Crippen molar-refractivity contribution in [2.24, 2.45) is 0 Å². The second-order valence-electron chi connectivity index (χ2n) is 5.32. The van der Waals surface area contributed by atoms with Crippen LogP contribution in [-0.4, -0.2) is 39.0 Å². The summed E-state index contributed by atoms with van der Waals surface area (Å²) in [5, 5.41) is 15.8. The lowest BCUT2D eigenvalue weighted by molar-refractivity contribution is -0.641. The Labute approximate surface area is 156 Å². The SMILES string of the molecule is Clc1ccc(/C=C/C[NH2+]CCSc2nnnn2-c2ccccc2)cc1. The third-order valence-electron chi connectivity index (χ3n) is 3.48. The van der Waals surface area contributed by atoms with E-state index in [0.29, 0.717) is 0 Å². The number of nitrogens with zero attached hydrogens (tertiary/aromatic N) is 4. The number of rotatable bonds is 8. The monoisotopic (exact) mass is 372 g/mol. The van der Waals surface area contributed by atoms with Crippen LogP contribution in [0.15, 0.2) is 65.8 Å². The number of para-hydroxylation sites is 1. The number of quaternary nitrogens is 1. The Morgan fingerprint density at radius 3 is 2.68 bits per heavy atom. The quantitative estimate of drug-likeness (QED) is 0.488. The zero-order valence-corrected chi connectivity index (χ0v) is 15.2. The van der Waals surface area contributed by atoms with Crippen LogP contribution in [0.3, 0.4) is 0 Å². The lowest BCUT2D eigenvalue weighted by Crippen LogP contribution is -2.84. The maximum absolute atomic E-state index is 5.87. The van der Waals surface area contributed by atoms with Gasteiger partial charge in [-0.05, 0) is 46.3 Å². The van der Waals surface area contributed by atoms with Gasteiger partial charge in [0, 0.05) is 5.02 Å². The molecule has 0 saturated heterocycles. The molecule has 0 fully saturated rings. The minimum Gasteiger partial charge on any atom is -0.342 e. The van der Waals surface area contributed by atoms with Crippen molar-refractivity contribution in [2.75, 3.05) is 18.8 Å². The molecule has 128 valence electrons. The van der Waals surface area contributed by atoms with Gasteiger partial charge < -0.3 is 5.32 Å². The van der Waals surface area contributed by atoms with E-state index in [-0.39, 0.29) is 0 Å². The smallest absolute Gasteiger partial charge is 0.214 e. The Bertz CT molecular complexity index is 802. The fraction of sp³-hybridized carbons (Fsp3) is 0.167. The molecule has 3 aromatic rings. The van der Waals surface area contributed by atoms with Crippen LogP contribution in [0.25, 0.3) is 11.8 Å². The van der Waals surface area contributed by atoms with E-state index in [1.165, 1.54) is 0 Å². The van der Waals surface area contributed by atoms with Crippen molar-refractivity contribution >= 4 is 29.4 Å². The van der Waals surface area contributed by atoms with Gasteiger partial charge in [0.25, 0.3) is 0 Å². The molecular weight excluding hydrogens is 354 g/mol. The van der Waals surface area contributed by atoms with Gasteiger partial charge in [0.1, 0.15) is 0 Å². The van der Waals surface area contributed by atoms with Gasteiger partial charge >= 0.3 is 0 Å². The van der Waals surface area contributed by atoms with Crippen molar-refractivity contribution < 1.29 is 5.32 Å². The molecule has 25 heavy (non-hydrogen) atoms. The van der Waals surface area contributed by atoms with Crippen LogP contribution < -0.4 is 5.32 Å². The molecule has 0 unspecified atom stereocenters. The first-order valence-electron chi connectivity index (χ1n) is 8.03. The molecule has 0 radical (unpaired) electrons. The Kier molecular flexibility index (Phi) is 6.62. The van der Waals surface area contributed by atoms with Crippen LogP contribution in [-0.2, 0) is 0 Å². The Morgan fingerprint density at radius 1 is 1.08 bits per heavy atom. The summed E-state index contributed by atoms with van der Waals surface area (Å²) >= 11 is 7.54. The number of hydrogen-bond donors (Lipinski definition) is 1. The Balaban J connectivity index is 1.39. The third kappa shape index (κ3) is 5.42. The second-order valence-corrected chi connectivity index (χ2v) is 6.82. The van der Waals surface area contributed by atoms with Gasteiger partial charge in [0.15, 0.2) is 0 Å². The van der Waals surface area contributed by atoms with Gasteiger partial charge in [0.2, 0.25) is 5.16 Å². The minimum atomic E-state index is 0.763. The standard InChI is InChI=1S/C18H18ClN5S/c19-16-10-8-15(9-11-16)5-4-12-20-13-14-25-18-21-22-23-24(18)17-6-2-1-3-7-17/h1-11,20H,12-14H2/p+1/b5-4+. The first-order chi connectivity index (χ1) is 12.3. The molecule has 7 heteroatoms. The third-order valence-corrected chi connectivity index (χ3v) is 4.68. The Hall–Kier alpha value is -2.15. The largest absolute Gasteiger partial charge is 0.342 e. The summed E-state index contributed by atoms with van der Waals surface area (Å²) in [4.78, 5) is 0. The maximum atomic E-state index is 5.87. The van der Waals surface area contributed by atoms with E-state index in [0.717, 1.165) is 40.3 Å². The fourth-order valence-electron chi connectivity index (χ4n) is 2.23. The summed E-state index contributed by atoms with van der Waals surface area (Å²) in [7, 11) is 0. The van der Waals surface area contributed by atoms with Crippen LogP contribution in [0.1, 0.15) is 5.56 Å². The predicted molar refractivity (Wildman–Crippen MR) is 102 cm³/mol. The molecule has 1 heterocycles. The molecule has 0 aliphatic carbocycles. The summed E-state index contributed by atoms with van der Waals surface area (Å²) in [6.07, 6.45) is 4.26. The van der Waals surface area contributed by atoms with Gasteiger partial charge in [-0.25, -0.2) is 0 Å². The molecule has 0 bridgehead atoms. The summed E-state index contributed by atoms with van der Waals surface area (Å²) in [5.74, 6) is 0.946. The zero-order valence-electron chi connectivity index (χ0n) is 13.6. The average Bonchev–Trinajstić information content (AvgIpc) is 3.12. The molecule has 0 aliphatic rings. The van der Waals surface area contributed by atoms with Crippen LogP contribution in [0, 0.1) is 0 Å². The van der Waals surface area contributed by atoms with E-state index in [4.69, 9.17) is 11.6 Å². The van der Waals surface area contributed by atoms with Crippen molar-refractivity contribution in [2.45, 2.75) is 5.16 Å². The van der Waals surface area contributed by atoms with Crippen LogP contribution >= 0.6 is 23.4 Å². The van der Waals surface area contributed by atoms with E-state index in [1.54, 1.807) is 16.4 Å². The van der Waals surface area contributed by atoms with E-state index < -0.39 is 0 Å². The van der Waals surface area contributed by atoms with Gasteiger partial charge in [-0.3, -0.25) is 0 Å². The maximum Gasteiger partial charge on any atom is 0.214 e. The highest BCUT2D eigenvalue weighted by Crippen LogP contribution is 2.16. The van der Waals surface area contributed by atoms with Gasteiger partial charge in [-0.1, -0.05) is 59.8 Å². The van der Waals surface area contributed by atoms with E-state index in [1.807, 2.05) is 54.6 Å². The van der Waals surface area contributed by atoms with Crippen molar-refractivity contribution in [1.82, 2.24) is 20.2 Å². The molecule has 0 saturated carbocycles.